The van der Waals surface area contributed by atoms with Crippen LogP contribution in [-0.2, 0) is 16.2 Å². The van der Waals surface area contributed by atoms with Crippen molar-refractivity contribution in [2.45, 2.75) is 43.8 Å². The fourth-order valence-electron chi connectivity index (χ4n) is 4.29. The number of hydrogen-bond donors (Lipinski definition) is 1. The van der Waals surface area contributed by atoms with Crippen molar-refractivity contribution in [3.8, 4) is 17.1 Å². The molecule has 37 heavy (non-hydrogen) atoms. The number of rotatable bonds is 6. The van der Waals surface area contributed by atoms with Crippen LogP contribution in [0.4, 0.5) is 23.4 Å². The van der Waals surface area contributed by atoms with Crippen LogP contribution in [0.3, 0.4) is 0 Å². The first kappa shape index (κ1) is 26.7. The molecule has 2 aromatic heterocycles. The van der Waals surface area contributed by atoms with E-state index in [9.17, 15) is 26.0 Å². The summed E-state index contributed by atoms with van der Waals surface area (Å²) in [6, 6.07) is 4.50. The summed E-state index contributed by atoms with van der Waals surface area (Å²) >= 11 is 0. The lowest BCUT2D eigenvalue weighted by atomic mass is 10.0. The number of methoxy groups -OCH3 is 1. The minimum atomic E-state index is -5.02. The summed E-state index contributed by atoms with van der Waals surface area (Å²) in [7, 11) is -3.00. The van der Waals surface area contributed by atoms with Gasteiger partial charge in [0, 0.05) is 37.0 Å². The smallest absolute Gasteiger partial charge is 0.417 e. The molecule has 198 valence electrons. The average Bonchev–Trinajstić information content (AvgIpc) is 2.85. The van der Waals surface area contributed by atoms with Crippen molar-refractivity contribution in [1.82, 2.24) is 19.9 Å². The maximum absolute atomic E-state index is 13.4. The van der Waals surface area contributed by atoms with Crippen LogP contribution in [-0.4, -0.2) is 49.8 Å². The van der Waals surface area contributed by atoms with Gasteiger partial charge in [0.25, 0.3) is 0 Å². The number of nitrogens with zero attached hydrogens (tertiary/aromatic N) is 4. The van der Waals surface area contributed by atoms with E-state index in [1.54, 1.807) is 12.3 Å². The minimum absolute atomic E-state index is 0.187. The van der Waals surface area contributed by atoms with Crippen molar-refractivity contribution in [3.63, 3.8) is 0 Å². The number of sulfonamides is 1. The number of hydrogen-bond acceptors (Lipinski definition) is 7. The summed E-state index contributed by atoms with van der Waals surface area (Å²) in [4.78, 5) is 5.07. The Balaban J connectivity index is 1.48. The summed E-state index contributed by atoms with van der Waals surface area (Å²) in [5.74, 6) is -0.0603. The van der Waals surface area contributed by atoms with Gasteiger partial charge in [-0.15, -0.1) is 10.2 Å². The molecule has 0 spiro atoms. The predicted octanol–water partition coefficient (Wildman–Crippen LogP) is 4.27. The van der Waals surface area contributed by atoms with Crippen molar-refractivity contribution in [1.29, 1.82) is 0 Å². The standard InChI is InChI=1S/C24H25F4N5O3S/c1-14-15(2)23(31-30-22(14)16-6-9-29-21(12-16)36-3)33-10-7-18(8-11-33)32-37(34,35)20-5-4-17(25)13-19(20)24(26,27)28/h4-6,9,12-13,18,32H,7-8,10-11H2,1-3H3. The third kappa shape index (κ3) is 5.67. The van der Waals surface area contributed by atoms with Crippen molar-refractivity contribution in [2.75, 3.05) is 25.1 Å². The number of alkyl halides is 3. The molecule has 0 saturated carbocycles. The van der Waals surface area contributed by atoms with Gasteiger partial charge in [0.1, 0.15) is 5.82 Å². The summed E-state index contributed by atoms with van der Waals surface area (Å²) in [5.41, 5.74) is 1.77. The SMILES string of the molecule is COc1cc(-c2nnc(N3CCC(NS(=O)(=O)c4ccc(F)cc4C(F)(F)F)CC3)c(C)c2C)ccn1. The highest BCUT2D eigenvalue weighted by Crippen LogP contribution is 2.35. The molecule has 1 fully saturated rings. The zero-order valence-electron chi connectivity index (χ0n) is 20.3. The van der Waals surface area contributed by atoms with Crippen LogP contribution in [0.5, 0.6) is 5.88 Å². The number of aromatic nitrogens is 3. The monoisotopic (exact) mass is 539 g/mol. The van der Waals surface area contributed by atoms with E-state index in [4.69, 9.17) is 4.74 Å². The zero-order chi connectivity index (χ0) is 27.0. The first-order chi connectivity index (χ1) is 17.4. The van der Waals surface area contributed by atoms with E-state index < -0.39 is 38.5 Å². The molecule has 0 atom stereocenters. The molecule has 0 aliphatic carbocycles. The number of ether oxygens (including phenoxy) is 1. The molecule has 0 amide bonds. The third-order valence-corrected chi connectivity index (χ3v) is 7.95. The second kappa shape index (κ2) is 10.2. The van der Waals surface area contributed by atoms with E-state index >= 15 is 0 Å². The highest BCUT2D eigenvalue weighted by Gasteiger charge is 2.38. The number of pyridine rings is 1. The summed E-state index contributed by atoms with van der Waals surface area (Å²) in [6.45, 7) is 4.68. The molecule has 8 nitrogen and oxygen atoms in total. The van der Waals surface area contributed by atoms with Gasteiger partial charge in [-0.05, 0) is 62.1 Å². The van der Waals surface area contributed by atoms with Crippen LogP contribution in [0.2, 0.25) is 0 Å². The van der Waals surface area contributed by atoms with Crippen LogP contribution in [0, 0.1) is 19.7 Å². The highest BCUT2D eigenvalue weighted by atomic mass is 32.2. The van der Waals surface area contributed by atoms with Crippen LogP contribution < -0.4 is 14.4 Å². The fourth-order valence-corrected chi connectivity index (χ4v) is 5.80. The van der Waals surface area contributed by atoms with E-state index in [2.05, 4.69) is 19.9 Å². The second-order valence-electron chi connectivity index (χ2n) is 8.73. The normalized spacial score (nSPS) is 15.2. The van der Waals surface area contributed by atoms with E-state index in [1.165, 1.54) is 7.11 Å². The molecular weight excluding hydrogens is 514 g/mol. The Morgan fingerprint density at radius 1 is 1.05 bits per heavy atom. The van der Waals surface area contributed by atoms with Gasteiger partial charge in [-0.25, -0.2) is 22.5 Å². The van der Waals surface area contributed by atoms with Gasteiger partial charge in [0.2, 0.25) is 15.9 Å². The molecule has 1 aromatic carbocycles. The maximum Gasteiger partial charge on any atom is 0.417 e. The van der Waals surface area contributed by atoms with E-state index in [-0.39, 0.29) is 6.07 Å². The van der Waals surface area contributed by atoms with Gasteiger partial charge < -0.3 is 9.64 Å². The van der Waals surface area contributed by atoms with Crippen LogP contribution in [0.1, 0.15) is 29.5 Å². The van der Waals surface area contributed by atoms with Crippen LogP contribution >= 0.6 is 0 Å². The molecule has 4 rings (SSSR count). The molecule has 3 aromatic rings. The predicted molar refractivity (Wildman–Crippen MR) is 128 cm³/mol. The van der Waals surface area contributed by atoms with Crippen molar-refractivity contribution >= 4 is 15.8 Å². The van der Waals surface area contributed by atoms with Gasteiger partial charge in [-0.2, -0.15) is 13.2 Å². The summed E-state index contributed by atoms with van der Waals surface area (Å²) in [5, 5.41) is 8.80. The molecule has 0 unspecified atom stereocenters. The Morgan fingerprint density at radius 2 is 1.76 bits per heavy atom. The molecule has 1 aliphatic heterocycles. The molecule has 1 N–H and O–H groups in total. The van der Waals surface area contributed by atoms with E-state index in [0.29, 0.717) is 55.5 Å². The molecule has 13 heteroatoms. The first-order valence-electron chi connectivity index (χ1n) is 11.4. The third-order valence-electron chi connectivity index (χ3n) is 6.37. The molecule has 0 bridgehead atoms. The van der Waals surface area contributed by atoms with E-state index in [1.807, 2.05) is 24.8 Å². The Morgan fingerprint density at radius 3 is 2.41 bits per heavy atom. The first-order valence-corrected chi connectivity index (χ1v) is 12.9. The zero-order valence-corrected chi connectivity index (χ0v) is 21.1. The molecule has 1 saturated heterocycles. The Kier molecular flexibility index (Phi) is 7.38. The lowest BCUT2D eigenvalue weighted by molar-refractivity contribution is -0.140. The maximum atomic E-state index is 13.4. The Bertz CT molecular complexity index is 1410. The van der Waals surface area contributed by atoms with Gasteiger partial charge in [0.05, 0.1) is 23.3 Å². The average molecular weight is 540 g/mol. The number of anilines is 1. The van der Waals surface area contributed by atoms with E-state index in [0.717, 1.165) is 16.7 Å². The van der Waals surface area contributed by atoms with Gasteiger partial charge >= 0.3 is 6.18 Å². The van der Waals surface area contributed by atoms with Crippen LogP contribution in [0.25, 0.3) is 11.3 Å². The topological polar surface area (TPSA) is 97.3 Å². The number of piperidine rings is 1. The van der Waals surface area contributed by atoms with Crippen molar-refractivity contribution in [2.24, 2.45) is 0 Å². The quantitative estimate of drug-likeness (QED) is 0.468. The lowest BCUT2D eigenvalue weighted by Crippen LogP contribution is -2.45. The van der Waals surface area contributed by atoms with Gasteiger partial charge in [-0.1, -0.05) is 0 Å². The minimum Gasteiger partial charge on any atom is -0.481 e. The van der Waals surface area contributed by atoms with Crippen molar-refractivity contribution in [3.05, 3.63) is 59.0 Å². The molecule has 0 radical (unpaired) electrons. The number of benzene rings is 1. The fraction of sp³-hybridized carbons (Fsp3) is 0.375. The van der Waals surface area contributed by atoms with Gasteiger partial charge in [0.15, 0.2) is 5.82 Å². The summed E-state index contributed by atoms with van der Waals surface area (Å²) < 4.78 is 86.5. The second-order valence-corrected chi connectivity index (χ2v) is 10.4. The van der Waals surface area contributed by atoms with Gasteiger partial charge in [-0.3, -0.25) is 0 Å². The molecular formula is C24H25F4N5O3S. The van der Waals surface area contributed by atoms with Crippen molar-refractivity contribution < 1.29 is 30.7 Å². The summed E-state index contributed by atoms with van der Waals surface area (Å²) in [6.07, 6.45) is -2.72. The Hall–Kier alpha value is -3.32. The number of nitrogens with one attached hydrogen (secondary N) is 1. The largest absolute Gasteiger partial charge is 0.481 e. The molecule has 3 heterocycles. The highest BCUT2D eigenvalue weighted by molar-refractivity contribution is 7.89. The molecule has 1 aliphatic rings. The Labute approximate surface area is 211 Å². The lowest BCUT2D eigenvalue weighted by Gasteiger charge is -2.34. The number of halogens is 4. The van der Waals surface area contributed by atoms with Crippen LogP contribution in [0.15, 0.2) is 41.4 Å².